The van der Waals surface area contributed by atoms with E-state index in [-0.39, 0.29) is 52.9 Å². The first-order chi connectivity index (χ1) is 19.4. The highest BCUT2D eigenvalue weighted by atomic mass is 16.5. The van der Waals surface area contributed by atoms with Gasteiger partial charge >= 0.3 is 0 Å². The number of ether oxygens (including phenoxy) is 2. The zero-order chi connectivity index (χ0) is 27.7. The number of benzene rings is 1. The average Bonchev–Trinajstić information content (AvgIpc) is 3.38. The Bertz CT molecular complexity index is 1220. The molecule has 2 aromatic rings. The molecule has 9 heteroatoms. The van der Waals surface area contributed by atoms with E-state index in [2.05, 4.69) is 10.6 Å². The number of carbonyl (C=O) groups excluding carboxylic acids is 4. The molecule has 0 spiro atoms. The molecular weight excluding hydrogens is 512 g/mol. The van der Waals surface area contributed by atoms with Crippen LogP contribution in [-0.4, -0.2) is 62.9 Å². The fourth-order valence-electron chi connectivity index (χ4n) is 7.80. The highest BCUT2D eigenvalue weighted by molar-refractivity contribution is 6.27. The van der Waals surface area contributed by atoms with Gasteiger partial charge in [0.2, 0.25) is 11.7 Å². The normalized spacial score (nSPS) is 25.9. The lowest BCUT2D eigenvalue weighted by atomic mass is 9.49. The number of carbonyl (C=O) groups is 4. The molecule has 212 valence electrons. The van der Waals surface area contributed by atoms with Crippen LogP contribution in [0.15, 0.2) is 34.7 Å². The van der Waals surface area contributed by atoms with Crippen LogP contribution < -0.4 is 10.6 Å². The molecule has 0 saturated heterocycles. The van der Waals surface area contributed by atoms with Gasteiger partial charge in [0.15, 0.2) is 17.3 Å². The average molecular weight is 549 g/mol. The van der Waals surface area contributed by atoms with Gasteiger partial charge in [-0.15, -0.1) is 0 Å². The molecule has 5 aliphatic carbocycles. The van der Waals surface area contributed by atoms with Crippen molar-refractivity contribution in [3.05, 3.63) is 58.5 Å². The van der Waals surface area contributed by atoms with Crippen LogP contribution in [0.5, 0.6) is 0 Å². The molecule has 4 bridgehead atoms. The highest BCUT2D eigenvalue weighted by Crippen LogP contribution is 2.61. The van der Waals surface area contributed by atoms with Crippen molar-refractivity contribution in [1.82, 2.24) is 10.6 Å². The number of nitrogens with one attached hydrogen (secondary N) is 2. The van der Waals surface area contributed by atoms with Crippen LogP contribution in [0.2, 0.25) is 0 Å². The Hall–Kier alpha value is -3.30. The molecule has 0 aliphatic heterocycles. The molecule has 1 aromatic carbocycles. The minimum atomic E-state index is -0.525. The first-order valence-electron chi connectivity index (χ1n) is 14.4. The van der Waals surface area contributed by atoms with Crippen LogP contribution in [0.4, 0.5) is 0 Å². The molecular formula is C31H36N2O7. The van der Waals surface area contributed by atoms with Gasteiger partial charge in [-0.25, -0.2) is 0 Å². The molecule has 2 N–H and O–H groups in total. The predicted molar refractivity (Wildman–Crippen MR) is 144 cm³/mol. The van der Waals surface area contributed by atoms with Gasteiger partial charge < -0.3 is 24.5 Å². The second-order valence-electron chi connectivity index (χ2n) is 12.0. The van der Waals surface area contributed by atoms with E-state index in [0.29, 0.717) is 38.3 Å². The van der Waals surface area contributed by atoms with E-state index in [1.54, 1.807) is 24.3 Å². The fourth-order valence-corrected chi connectivity index (χ4v) is 7.80. The molecule has 5 aliphatic rings. The van der Waals surface area contributed by atoms with E-state index in [9.17, 15) is 19.2 Å². The monoisotopic (exact) mass is 548 g/mol. The van der Waals surface area contributed by atoms with E-state index in [4.69, 9.17) is 13.9 Å². The number of hydrogen-bond donors (Lipinski definition) is 2. The minimum Gasteiger partial charge on any atom is -0.447 e. The van der Waals surface area contributed by atoms with Crippen molar-refractivity contribution in [2.75, 3.05) is 39.5 Å². The molecule has 0 atom stereocenters. The number of fused-ring (bicyclic) bond motifs is 2. The van der Waals surface area contributed by atoms with Gasteiger partial charge in [0.25, 0.3) is 5.91 Å². The molecule has 9 nitrogen and oxygen atoms in total. The Morgan fingerprint density at radius 1 is 0.800 bits per heavy atom. The second-order valence-corrected chi connectivity index (χ2v) is 12.0. The Kier molecular flexibility index (Phi) is 7.59. The summed E-state index contributed by atoms with van der Waals surface area (Å²) in [6.07, 6.45) is 8.51. The van der Waals surface area contributed by atoms with Crippen molar-refractivity contribution in [1.29, 1.82) is 0 Å². The summed E-state index contributed by atoms with van der Waals surface area (Å²) in [5.74, 6) is 1.23. The maximum atomic E-state index is 12.7. The van der Waals surface area contributed by atoms with E-state index >= 15 is 0 Å². The van der Waals surface area contributed by atoms with E-state index < -0.39 is 11.7 Å². The lowest BCUT2D eigenvalue weighted by Gasteiger charge is -2.56. The van der Waals surface area contributed by atoms with E-state index in [1.165, 1.54) is 44.6 Å². The second kappa shape index (κ2) is 11.3. The van der Waals surface area contributed by atoms with Crippen molar-refractivity contribution in [3.8, 4) is 0 Å². The predicted octanol–water partition coefficient (Wildman–Crippen LogP) is 3.54. The van der Waals surface area contributed by atoms with Crippen molar-refractivity contribution >= 4 is 23.4 Å². The van der Waals surface area contributed by atoms with Crippen LogP contribution >= 0.6 is 0 Å². The molecule has 0 unspecified atom stereocenters. The number of rotatable bonds is 12. The summed E-state index contributed by atoms with van der Waals surface area (Å²) in [5, 5.41) is 5.69. The zero-order valence-corrected chi connectivity index (χ0v) is 22.7. The first-order valence-corrected chi connectivity index (χ1v) is 14.4. The van der Waals surface area contributed by atoms with Crippen LogP contribution in [0.3, 0.4) is 0 Å². The molecule has 1 aromatic heterocycles. The number of ketones is 2. The van der Waals surface area contributed by atoms with Crippen LogP contribution in [0.1, 0.15) is 87.5 Å². The Morgan fingerprint density at radius 2 is 1.38 bits per heavy atom. The smallest absolute Gasteiger partial charge is 0.287 e. The van der Waals surface area contributed by atoms with Crippen molar-refractivity contribution in [2.24, 2.45) is 23.2 Å². The highest BCUT2D eigenvalue weighted by Gasteiger charge is 2.51. The Balaban J connectivity index is 0.831. The molecule has 40 heavy (non-hydrogen) atoms. The standard InChI is InChI=1S/C31H36N2O7/c34-26(18-31-15-19-11-20(16-31)13-21(12-19)17-31)32-5-7-38-9-10-39-8-6-33-30(37)25-14-24-27(35)22-3-1-2-4-23(22)28(36)29(24)40-25/h1-4,14,19-21H,5-13,15-18H2,(H,32,34)(H,33,37). The summed E-state index contributed by atoms with van der Waals surface area (Å²) in [7, 11) is 0. The Labute approximate surface area is 233 Å². The summed E-state index contributed by atoms with van der Waals surface area (Å²) in [5.41, 5.74) is 0.936. The topological polar surface area (TPSA) is 124 Å². The third-order valence-corrected chi connectivity index (χ3v) is 9.00. The van der Waals surface area contributed by atoms with Crippen LogP contribution in [0, 0.1) is 23.2 Å². The lowest BCUT2D eigenvalue weighted by molar-refractivity contribution is -0.129. The van der Waals surface area contributed by atoms with Gasteiger partial charge in [-0.2, -0.15) is 0 Å². The summed E-state index contributed by atoms with van der Waals surface area (Å²) in [6.45, 7) is 2.15. The fraction of sp³-hybridized carbons (Fsp3) is 0.548. The zero-order valence-electron chi connectivity index (χ0n) is 22.7. The number of amides is 2. The summed E-state index contributed by atoms with van der Waals surface area (Å²) in [6, 6.07) is 7.85. The van der Waals surface area contributed by atoms with E-state index in [0.717, 1.165) is 17.8 Å². The molecule has 4 fully saturated rings. The quantitative estimate of drug-likeness (QED) is 0.332. The van der Waals surface area contributed by atoms with Crippen LogP contribution in [-0.2, 0) is 14.3 Å². The van der Waals surface area contributed by atoms with Gasteiger partial charge in [-0.05, 0) is 61.7 Å². The summed E-state index contributed by atoms with van der Waals surface area (Å²) >= 11 is 0. The largest absolute Gasteiger partial charge is 0.447 e. The lowest BCUT2D eigenvalue weighted by Crippen LogP contribution is -2.48. The van der Waals surface area contributed by atoms with Gasteiger partial charge in [-0.1, -0.05) is 24.3 Å². The summed E-state index contributed by atoms with van der Waals surface area (Å²) in [4.78, 5) is 50.4. The van der Waals surface area contributed by atoms with Crippen molar-refractivity contribution < 1.29 is 33.1 Å². The first kappa shape index (κ1) is 26.9. The molecule has 0 radical (unpaired) electrons. The third-order valence-electron chi connectivity index (χ3n) is 9.00. The van der Waals surface area contributed by atoms with Gasteiger partial charge in [0, 0.05) is 36.7 Å². The number of furan rings is 1. The SMILES string of the molecule is O=C(CC12CC3CC(CC(C3)C1)C2)NCCOCCOCCNC(=O)c1cc2c(o1)C(=O)c1ccccc1C2=O. The van der Waals surface area contributed by atoms with Crippen molar-refractivity contribution in [2.45, 2.75) is 44.9 Å². The molecule has 1 heterocycles. The maximum absolute atomic E-state index is 12.7. The third kappa shape index (κ3) is 5.49. The van der Waals surface area contributed by atoms with Crippen molar-refractivity contribution in [3.63, 3.8) is 0 Å². The number of hydrogen-bond acceptors (Lipinski definition) is 7. The Morgan fingerprint density at radius 3 is 2.00 bits per heavy atom. The summed E-state index contributed by atoms with van der Waals surface area (Å²) < 4.78 is 16.5. The molecule has 4 saturated carbocycles. The van der Waals surface area contributed by atoms with E-state index in [1.807, 2.05) is 0 Å². The maximum Gasteiger partial charge on any atom is 0.287 e. The van der Waals surface area contributed by atoms with Gasteiger partial charge in [0.05, 0.1) is 32.0 Å². The minimum absolute atomic E-state index is 0.0897. The van der Waals surface area contributed by atoms with Gasteiger partial charge in [-0.3, -0.25) is 19.2 Å². The molecule has 2 amide bonds. The van der Waals surface area contributed by atoms with Gasteiger partial charge in [0.1, 0.15) is 0 Å². The molecule has 7 rings (SSSR count). The van der Waals surface area contributed by atoms with Crippen LogP contribution in [0.25, 0.3) is 0 Å².